The largest absolute Gasteiger partial charge is 0.472 e. The van der Waals surface area contributed by atoms with Crippen molar-refractivity contribution >= 4 is 11.9 Å². The average Bonchev–Trinajstić information content (AvgIpc) is 3.35. The second-order valence-corrected chi connectivity index (χ2v) is 13.2. The van der Waals surface area contributed by atoms with Crippen molar-refractivity contribution in [1.82, 2.24) is 0 Å². The SMILES string of the molecule is CC(=O)O[C@@H]1C[C@H]2C(C)(C)[C@@H](O)CC[C@]2(C)[C@H]2CC[C@@]3(C)[C@H](c4ccoc4)OC(=O)[C@H]4O[C@]43[C@@]21C. The van der Waals surface area contributed by atoms with Gasteiger partial charge in [-0.2, -0.15) is 0 Å². The van der Waals surface area contributed by atoms with Crippen LogP contribution < -0.4 is 0 Å². The third-order valence-corrected chi connectivity index (χ3v) is 11.5. The Kier molecular flexibility index (Phi) is 4.65. The number of aliphatic hydroxyl groups is 1. The van der Waals surface area contributed by atoms with E-state index in [1.807, 2.05) is 6.07 Å². The van der Waals surface area contributed by atoms with Crippen LogP contribution >= 0.6 is 0 Å². The number of ether oxygens (including phenoxy) is 3. The maximum atomic E-state index is 13.3. The zero-order valence-electron chi connectivity index (χ0n) is 21.6. The molecule has 192 valence electrons. The molecule has 0 radical (unpaired) electrons. The molecule has 6 rings (SSSR count). The molecular weight excluding hydrogens is 448 g/mol. The zero-order chi connectivity index (χ0) is 25.2. The van der Waals surface area contributed by atoms with Gasteiger partial charge in [-0.05, 0) is 60.8 Å². The van der Waals surface area contributed by atoms with E-state index >= 15 is 0 Å². The lowest BCUT2D eigenvalue weighted by Gasteiger charge is -2.70. The van der Waals surface area contributed by atoms with E-state index in [2.05, 4.69) is 34.6 Å². The Hall–Kier alpha value is -1.86. The molecule has 0 aromatic carbocycles. The standard InChI is InChI=1S/C28H38O7/c1-15(29)33-20-13-18-24(2,3)19(30)8-10-25(18,4)17-7-11-26(5)21(16-9-12-32-14-16)34-23(31)22-28(26,35-22)27(17,20)6/h9,12,14,17-22,30H,7-8,10-11,13H2,1-6H3/t17-,18+,19+,20-,21+,22-,25-,26+,27+,28-/m1/s1. The minimum absolute atomic E-state index is 0.0762. The Bertz CT molecular complexity index is 1060. The normalized spacial score (nSPS) is 51.7. The number of furan rings is 1. The van der Waals surface area contributed by atoms with E-state index in [9.17, 15) is 14.7 Å². The summed E-state index contributed by atoms with van der Waals surface area (Å²) in [6, 6.07) is 1.86. The fourth-order valence-corrected chi connectivity index (χ4v) is 9.88. The van der Waals surface area contributed by atoms with Gasteiger partial charge in [-0.3, -0.25) is 4.79 Å². The van der Waals surface area contributed by atoms with Crippen molar-refractivity contribution in [2.45, 2.75) is 104 Å². The Labute approximate surface area is 206 Å². The van der Waals surface area contributed by atoms with Gasteiger partial charge in [-0.25, -0.2) is 4.79 Å². The van der Waals surface area contributed by atoms with E-state index in [1.54, 1.807) is 12.5 Å². The number of cyclic esters (lactones) is 1. The topological polar surface area (TPSA) is 98.5 Å². The third-order valence-electron chi connectivity index (χ3n) is 11.5. The Morgan fingerprint density at radius 2 is 1.83 bits per heavy atom. The van der Waals surface area contributed by atoms with E-state index in [-0.39, 0.29) is 34.6 Å². The lowest BCUT2D eigenvalue weighted by Crippen LogP contribution is -2.73. The molecule has 5 aliphatic rings. The summed E-state index contributed by atoms with van der Waals surface area (Å²) < 4.78 is 24.1. The predicted molar refractivity (Wildman–Crippen MR) is 125 cm³/mol. The Morgan fingerprint density at radius 3 is 2.49 bits per heavy atom. The first-order chi connectivity index (χ1) is 16.3. The first-order valence-corrected chi connectivity index (χ1v) is 13.1. The number of fused-ring (bicyclic) bond motifs is 3. The molecule has 35 heavy (non-hydrogen) atoms. The van der Waals surface area contributed by atoms with Crippen molar-refractivity contribution in [3.8, 4) is 0 Å². The lowest BCUT2D eigenvalue weighted by atomic mass is 9.34. The van der Waals surface area contributed by atoms with Crippen molar-refractivity contribution < 1.29 is 33.3 Å². The summed E-state index contributed by atoms with van der Waals surface area (Å²) in [6.45, 7) is 12.5. The van der Waals surface area contributed by atoms with Crippen LogP contribution in [-0.4, -0.2) is 41.0 Å². The molecular formula is C28H38O7. The van der Waals surface area contributed by atoms with Gasteiger partial charge in [0.05, 0.1) is 18.6 Å². The molecule has 3 aliphatic carbocycles. The highest BCUT2D eigenvalue weighted by atomic mass is 16.7. The molecule has 0 unspecified atom stereocenters. The molecule has 3 heterocycles. The predicted octanol–water partition coefficient (Wildman–Crippen LogP) is 4.58. The number of hydrogen-bond acceptors (Lipinski definition) is 7. The van der Waals surface area contributed by atoms with E-state index in [4.69, 9.17) is 18.6 Å². The first kappa shape index (κ1) is 23.5. The van der Waals surface area contributed by atoms with Crippen molar-refractivity contribution in [1.29, 1.82) is 0 Å². The van der Waals surface area contributed by atoms with Crippen molar-refractivity contribution in [2.24, 2.45) is 33.5 Å². The summed E-state index contributed by atoms with van der Waals surface area (Å²) in [5, 5.41) is 11.0. The highest BCUT2D eigenvalue weighted by Gasteiger charge is 2.88. The zero-order valence-corrected chi connectivity index (χ0v) is 21.6. The number of hydrogen-bond donors (Lipinski definition) is 1. The van der Waals surface area contributed by atoms with E-state index < -0.39 is 40.8 Å². The van der Waals surface area contributed by atoms with Gasteiger partial charge >= 0.3 is 11.9 Å². The number of esters is 2. The molecule has 1 N–H and O–H groups in total. The van der Waals surface area contributed by atoms with Gasteiger partial charge in [-0.1, -0.05) is 34.6 Å². The van der Waals surface area contributed by atoms with Crippen LogP contribution in [0, 0.1) is 33.5 Å². The van der Waals surface area contributed by atoms with Crippen LogP contribution in [0.25, 0.3) is 0 Å². The quantitative estimate of drug-likeness (QED) is 0.483. The van der Waals surface area contributed by atoms with Crippen molar-refractivity contribution in [2.75, 3.05) is 0 Å². The number of carbonyl (C=O) groups excluding carboxylic acids is 2. The molecule has 1 aromatic rings. The average molecular weight is 487 g/mol. The minimum Gasteiger partial charge on any atom is -0.472 e. The monoisotopic (exact) mass is 486 g/mol. The summed E-state index contributed by atoms with van der Waals surface area (Å²) in [6.07, 6.45) is 5.33. The summed E-state index contributed by atoms with van der Waals surface area (Å²) in [5.74, 6) is -0.319. The number of aliphatic hydroxyl groups excluding tert-OH is 1. The molecule has 7 nitrogen and oxygen atoms in total. The third kappa shape index (κ3) is 2.59. The van der Waals surface area contributed by atoms with Gasteiger partial charge in [0.2, 0.25) is 0 Å². The Balaban J connectivity index is 1.53. The first-order valence-electron chi connectivity index (χ1n) is 13.1. The molecule has 1 spiro atoms. The highest BCUT2D eigenvalue weighted by molar-refractivity contribution is 5.82. The van der Waals surface area contributed by atoms with Crippen LogP contribution in [0.4, 0.5) is 0 Å². The Morgan fingerprint density at radius 1 is 1.09 bits per heavy atom. The van der Waals surface area contributed by atoms with Gasteiger partial charge in [0.15, 0.2) is 6.10 Å². The van der Waals surface area contributed by atoms with Gasteiger partial charge < -0.3 is 23.7 Å². The molecule has 2 aliphatic heterocycles. The smallest absolute Gasteiger partial charge is 0.339 e. The molecule has 5 fully saturated rings. The second-order valence-electron chi connectivity index (χ2n) is 13.2. The molecule has 10 atom stereocenters. The van der Waals surface area contributed by atoms with Crippen LogP contribution in [0.3, 0.4) is 0 Å². The maximum absolute atomic E-state index is 13.3. The van der Waals surface area contributed by atoms with Crippen LogP contribution in [0.1, 0.15) is 85.3 Å². The molecule has 7 heteroatoms. The number of rotatable bonds is 2. The maximum Gasteiger partial charge on any atom is 0.339 e. The minimum atomic E-state index is -0.797. The summed E-state index contributed by atoms with van der Waals surface area (Å²) >= 11 is 0. The fraction of sp³-hybridized carbons (Fsp3) is 0.786. The molecule has 2 saturated heterocycles. The molecule has 0 amide bonds. The van der Waals surface area contributed by atoms with E-state index in [0.717, 1.165) is 31.2 Å². The highest BCUT2D eigenvalue weighted by Crippen LogP contribution is 2.80. The summed E-state index contributed by atoms with van der Waals surface area (Å²) in [7, 11) is 0. The van der Waals surface area contributed by atoms with Crippen molar-refractivity contribution in [3.05, 3.63) is 24.2 Å². The number of epoxide rings is 1. The molecule has 1 aromatic heterocycles. The molecule has 0 bridgehead atoms. The van der Waals surface area contributed by atoms with Crippen LogP contribution in [0.5, 0.6) is 0 Å². The van der Waals surface area contributed by atoms with Gasteiger partial charge in [0.25, 0.3) is 0 Å². The lowest BCUT2D eigenvalue weighted by molar-refractivity contribution is -0.275. The van der Waals surface area contributed by atoms with Gasteiger partial charge in [0.1, 0.15) is 17.8 Å². The second kappa shape index (κ2) is 6.91. The fourth-order valence-electron chi connectivity index (χ4n) is 9.88. The van der Waals surface area contributed by atoms with Crippen molar-refractivity contribution in [3.63, 3.8) is 0 Å². The van der Waals surface area contributed by atoms with E-state index in [0.29, 0.717) is 6.42 Å². The van der Waals surface area contributed by atoms with E-state index in [1.165, 1.54) is 6.92 Å². The van der Waals surface area contributed by atoms with Crippen LogP contribution in [0.15, 0.2) is 23.0 Å². The summed E-state index contributed by atoms with van der Waals surface area (Å²) in [5.41, 5.74) is -1.42. The van der Waals surface area contributed by atoms with Gasteiger partial charge in [-0.15, -0.1) is 0 Å². The van der Waals surface area contributed by atoms with Crippen LogP contribution in [0.2, 0.25) is 0 Å². The van der Waals surface area contributed by atoms with Gasteiger partial charge in [0, 0.05) is 23.3 Å². The molecule has 3 saturated carbocycles. The summed E-state index contributed by atoms with van der Waals surface area (Å²) in [4.78, 5) is 25.7. The number of carbonyl (C=O) groups is 2. The van der Waals surface area contributed by atoms with Crippen LogP contribution in [-0.2, 0) is 23.8 Å².